The topological polar surface area (TPSA) is 46.5 Å². The summed E-state index contributed by atoms with van der Waals surface area (Å²) in [7, 11) is 0. The lowest BCUT2D eigenvalue weighted by atomic mass is 9.97. The van der Waals surface area contributed by atoms with Crippen LogP contribution in [0.15, 0.2) is 0 Å². The molecule has 0 aromatic rings. The van der Waals surface area contributed by atoms with E-state index in [1.54, 1.807) is 0 Å². The van der Waals surface area contributed by atoms with Gasteiger partial charge in [-0.3, -0.25) is 4.79 Å². The monoisotopic (exact) mass is 158 g/mol. The molecule has 0 atom stereocenters. The summed E-state index contributed by atoms with van der Waals surface area (Å²) >= 11 is 0. The molecule has 1 N–H and O–H groups in total. The Kier molecular flexibility index (Phi) is 3.52. The minimum absolute atomic E-state index is 0.0739. The van der Waals surface area contributed by atoms with Gasteiger partial charge in [0.1, 0.15) is 5.78 Å². The van der Waals surface area contributed by atoms with E-state index < -0.39 is 0 Å². The molecule has 1 fully saturated rings. The molecule has 11 heavy (non-hydrogen) atoms. The predicted octanol–water partition coefficient (Wildman–Crippen LogP) is 0.507. The fourth-order valence-electron chi connectivity index (χ4n) is 1.30. The zero-order chi connectivity index (χ0) is 8.10. The molecule has 0 bridgehead atoms. The summed E-state index contributed by atoms with van der Waals surface area (Å²) < 4.78 is 5.28. The first-order chi connectivity index (χ1) is 5.33. The van der Waals surface area contributed by atoms with Crippen molar-refractivity contribution in [3.8, 4) is 0 Å². The molecular weight excluding hydrogens is 144 g/mol. The van der Waals surface area contributed by atoms with Crippen LogP contribution < -0.4 is 0 Å². The fraction of sp³-hybridized carbons (Fsp3) is 0.875. The molecule has 0 spiro atoms. The molecule has 1 rings (SSSR count). The second kappa shape index (κ2) is 4.46. The molecule has 1 aliphatic rings. The van der Waals surface area contributed by atoms with Crippen molar-refractivity contribution in [2.45, 2.75) is 31.8 Å². The highest BCUT2D eigenvalue weighted by Crippen LogP contribution is 2.17. The van der Waals surface area contributed by atoms with Crippen LogP contribution in [0.5, 0.6) is 0 Å². The maximum Gasteiger partial charge on any atom is 0.133 e. The van der Waals surface area contributed by atoms with Crippen molar-refractivity contribution in [3.05, 3.63) is 0 Å². The Morgan fingerprint density at radius 2 is 2.09 bits per heavy atom. The largest absolute Gasteiger partial charge is 0.394 e. The molecule has 1 aliphatic carbocycles. The summed E-state index contributed by atoms with van der Waals surface area (Å²) in [6.45, 7) is 0.475. The Balaban J connectivity index is 2.12. The van der Waals surface area contributed by atoms with E-state index in [2.05, 4.69) is 0 Å². The van der Waals surface area contributed by atoms with Gasteiger partial charge in [0.05, 0.1) is 19.3 Å². The average Bonchev–Trinajstić information content (AvgIpc) is 2.04. The van der Waals surface area contributed by atoms with Crippen molar-refractivity contribution in [2.24, 2.45) is 0 Å². The first kappa shape index (κ1) is 8.68. The molecule has 0 amide bonds. The van der Waals surface area contributed by atoms with E-state index in [0.29, 0.717) is 25.2 Å². The lowest BCUT2D eigenvalue weighted by Gasteiger charge is -2.20. The standard InChI is InChI=1S/C8H14O3/c9-5-6-11-8-3-1-7(10)2-4-8/h8-9H,1-6H2. The van der Waals surface area contributed by atoms with Crippen molar-refractivity contribution in [3.63, 3.8) is 0 Å². The fourth-order valence-corrected chi connectivity index (χ4v) is 1.30. The third kappa shape index (κ3) is 2.99. The first-order valence-electron chi connectivity index (χ1n) is 4.07. The third-order valence-electron chi connectivity index (χ3n) is 1.94. The summed E-state index contributed by atoms with van der Waals surface area (Å²) in [5.41, 5.74) is 0. The van der Waals surface area contributed by atoms with Crippen LogP contribution in [0.1, 0.15) is 25.7 Å². The molecule has 0 heterocycles. The Hall–Kier alpha value is -0.410. The smallest absolute Gasteiger partial charge is 0.133 e. The van der Waals surface area contributed by atoms with Crippen LogP contribution in [-0.2, 0) is 9.53 Å². The summed E-state index contributed by atoms with van der Waals surface area (Å²) in [6, 6.07) is 0. The van der Waals surface area contributed by atoms with Gasteiger partial charge in [-0.15, -0.1) is 0 Å². The second-order valence-corrected chi connectivity index (χ2v) is 2.83. The molecular formula is C8H14O3. The van der Waals surface area contributed by atoms with Gasteiger partial charge in [0.2, 0.25) is 0 Å². The second-order valence-electron chi connectivity index (χ2n) is 2.83. The van der Waals surface area contributed by atoms with Crippen molar-refractivity contribution in [1.29, 1.82) is 0 Å². The summed E-state index contributed by atoms with van der Waals surface area (Å²) in [4.78, 5) is 10.8. The molecule has 0 aromatic carbocycles. The molecule has 0 aromatic heterocycles. The zero-order valence-corrected chi connectivity index (χ0v) is 6.58. The number of carbonyl (C=O) groups is 1. The Labute approximate surface area is 66.4 Å². The number of hydrogen-bond acceptors (Lipinski definition) is 3. The van der Waals surface area contributed by atoms with Gasteiger partial charge < -0.3 is 9.84 Å². The summed E-state index contributed by atoms with van der Waals surface area (Å²) in [5, 5.41) is 8.46. The Morgan fingerprint density at radius 1 is 1.45 bits per heavy atom. The minimum Gasteiger partial charge on any atom is -0.394 e. The number of aliphatic hydroxyl groups is 1. The van der Waals surface area contributed by atoms with E-state index in [0.717, 1.165) is 12.8 Å². The number of carbonyl (C=O) groups excluding carboxylic acids is 1. The SMILES string of the molecule is O=C1CCC(OCCO)CC1. The molecule has 3 nitrogen and oxygen atoms in total. The van der Waals surface area contributed by atoms with Crippen molar-refractivity contribution >= 4 is 5.78 Å². The molecule has 0 unspecified atom stereocenters. The van der Waals surface area contributed by atoms with Crippen molar-refractivity contribution in [1.82, 2.24) is 0 Å². The maximum atomic E-state index is 10.8. The van der Waals surface area contributed by atoms with Gasteiger partial charge in [-0.1, -0.05) is 0 Å². The van der Waals surface area contributed by atoms with Gasteiger partial charge in [0.15, 0.2) is 0 Å². The van der Waals surface area contributed by atoms with E-state index in [4.69, 9.17) is 9.84 Å². The number of aliphatic hydroxyl groups excluding tert-OH is 1. The molecule has 64 valence electrons. The van der Waals surface area contributed by atoms with E-state index in [-0.39, 0.29) is 12.7 Å². The van der Waals surface area contributed by atoms with Gasteiger partial charge in [0, 0.05) is 12.8 Å². The zero-order valence-electron chi connectivity index (χ0n) is 6.58. The van der Waals surface area contributed by atoms with Crippen LogP contribution in [0.4, 0.5) is 0 Å². The number of rotatable bonds is 3. The highest BCUT2D eigenvalue weighted by molar-refractivity contribution is 5.79. The highest BCUT2D eigenvalue weighted by Gasteiger charge is 2.18. The molecule has 3 heteroatoms. The number of hydrogen-bond donors (Lipinski definition) is 1. The van der Waals surface area contributed by atoms with Crippen molar-refractivity contribution in [2.75, 3.05) is 13.2 Å². The van der Waals surface area contributed by atoms with Crippen LogP contribution in [0, 0.1) is 0 Å². The van der Waals surface area contributed by atoms with E-state index in [9.17, 15) is 4.79 Å². The van der Waals surface area contributed by atoms with Crippen LogP contribution in [0.25, 0.3) is 0 Å². The number of Topliss-reactive ketones (excluding diaryl/α,β-unsaturated/α-hetero) is 1. The number of ketones is 1. The van der Waals surface area contributed by atoms with Gasteiger partial charge in [0.25, 0.3) is 0 Å². The van der Waals surface area contributed by atoms with Crippen LogP contribution in [0.3, 0.4) is 0 Å². The lowest BCUT2D eigenvalue weighted by Crippen LogP contribution is -2.22. The average molecular weight is 158 g/mol. The van der Waals surface area contributed by atoms with Crippen LogP contribution in [-0.4, -0.2) is 30.2 Å². The predicted molar refractivity (Wildman–Crippen MR) is 40.3 cm³/mol. The molecule has 0 radical (unpaired) electrons. The van der Waals surface area contributed by atoms with Gasteiger partial charge in [-0.25, -0.2) is 0 Å². The van der Waals surface area contributed by atoms with Crippen LogP contribution in [0.2, 0.25) is 0 Å². The Bertz CT molecular complexity index is 123. The summed E-state index contributed by atoms with van der Waals surface area (Å²) in [6.07, 6.45) is 3.17. The maximum absolute atomic E-state index is 10.8. The lowest BCUT2D eigenvalue weighted by molar-refractivity contribution is -0.123. The van der Waals surface area contributed by atoms with E-state index in [1.807, 2.05) is 0 Å². The van der Waals surface area contributed by atoms with Gasteiger partial charge >= 0.3 is 0 Å². The minimum atomic E-state index is 0.0739. The summed E-state index contributed by atoms with van der Waals surface area (Å²) in [5.74, 6) is 0.342. The quantitative estimate of drug-likeness (QED) is 0.650. The first-order valence-corrected chi connectivity index (χ1v) is 4.07. The number of ether oxygens (including phenoxy) is 1. The van der Waals surface area contributed by atoms with E-state index >= 15 is 0 Å². The van der Waals surface area contributed by atoms with Gasteiger partial charge in [-0.2, -0.15) is 0 Å². The Morgan fingerprint density at radius 3 is 2.64 bits per heavy atom. The van der Waals surface area contributed by atoms with Crippen LogP contribution >= 0.6 is 0 Å². The molecule has 0 aliphatic heterocycles. The molecule has 0 saturated heterocycles. The normalized spacial score (nSPS) is 20.6. The molecule has 1 saturated carbocycles. The van der Waals surface area contributed by atoms with Gasteiger partial charge in [-0.05, 0) is 12.8 Å². The third-order valence-corrected chi connectivity index (χ3v) is 1.94. The highest BCUT2D eigenvalue weighted by atomic mass is 16.5. The van der Waals surface area contributed by atoms with Crippen molar-refractivity contribution < 1.29 is 14.6 Å². The van der Waals surface area contributed by atoms with E-state index in [1.165, 1.54) is 0 Å².